The Hall–Kier alpha value is -2.44. The van der Waals surface area contributed by atoms with Gasteiger partial charge < -0.3 is 26.1 Å². The smallest absolute Gasteiger partial charge is 0.407 e. The summed E-state index contributed by atoms with van der Waals surface area (Å²) in [5.74, 6) is 1.09. The summed E-state index contributed by atoms with van der Waals surface area (Å²) in [7, 11) is 0. The molecule has 0 unspecified atom stereocenters. The van der Waals surface area contributed by atoms with Crippen molar-refractivity contribution in [1.29, 1.82) is 0 Å². The number of fused-ring (bicyclic) bond motifs is 1. The Morgan fingerprint density at radius 1 is 1.38 bits per heavy atom. The first-order valence-electron chi connectivity index (χ1n) is 8.19. The summed E-state index contributed by atoms with van der Waals surface area (Å²) in [6, 6.07) is 2.08. The fraction of sp³-hybridized carbons (Fsp3) is 0.529. The van der Waals surface area contributed by atoms with Crippen LogP contribution in [-0.2, 0) is 11.2 Å². The first-order chi connectivity index (χ1) is 11.2. The molecule has 0 spiro atoms. The first-order valence-corrected chi connectivity index (χ1v) is 8.19. The van der Waals surface area contributed by atoms with Crippen LogP contribution in [0.1, 0.15) is 38.8 Å². The number of aromatic nitrogens is 2. The van der Waals surface area contributed by atoms with E-state index >= 15 is 0 Å². The van der Waals surface area contributed by atoms with Gasteiger partial charge in [0.1, 0.15) is 11.4 Å². The number of aromatic amines is 1. The van der Waals surface area contributed by atoms with Crippen LogP contribution >= 0.6 is 0 Å². The molecule has 1 aliphatic heterocycles. The lowest BCUT2D eigenvalue weighted by Crippen LogP contribution is -2.35. The van der Waals surface area contributed by atoms with Gasteiger partial charge in [0.15, 0.2) is 5.95 Å². The number of alkyl carbamates (subject to hydrolysis) is 1. The summed E-state index contributed by atoms with van der Waals surface area (Å²) in [5, 5.41) is 5.97. The SMILES string of the molecule is CCc1c(C)cc2[nH]c(N)nc(NCCNC(=O)OC(C)(C)C)c1-2. The van der Waals surface area contributed by atoms with Gasteiger partial charge in [-0.3, -0.25) is 0 Å². The molecule has 0 bridgehead atoms. The van der Waals surface area contributed by atoms with Crippen LogP contribution in [0.5, 0.6) is 0 Å². The van der Waals surface area contributed by atoms with Gasteiger partial charge >= 0.3 is 6.09 Å². The van der Waals surface area contributed by atoms with E-state index in [4.69, 9.17) is 10.5 Å². The molecule has 7 heteroatoms. The molecule has 1 amide bonds. The van der Waals surface area contributed by atoms with E-state index in [2.05, 4.69) is 40.5 Å². The molecular formula is C17H27N5O2. The Morgan fingerprint density at radius 3 is 2.71 bits per heavy atom. The molecule has 0 saturated carbocycles. The third-order valence-electron chi connectivity index (χ3n) is 3.58. The molecule has 132 valence electrons. The van der Waals surface area contributed by atoms with Crippen LogP contribution in [0.2, 0.25) is 0 Å². The van der Waals surface area contributed by atoms with E-state index in [-0.39, 0.29) is 0 Å². The summed E-state index contributed by atoms with van der Waals surface area (Å²) in [5.41, 5.74) is 9.84. The molecule has 0 aromatic heterocycles. The quantitative estimate of drug-likeness (QED) is 0.630. The zero-order chi connectivity index (χ0) is 17.9. The Kier molecular flexibility index (Phi) is 5.21. The molecule has 0 fully saturated rings. The van der Waals surface area contributed by atoms with Gasteiger partial charge in [0, 0.05) is 18.7 Å². The third kappa shape index (κ3) is 4.31. The number of aryl methyl sites for hydroxylation is 1. The number of H-pyrrole nitrogens is 1. The van der Waals surface area contributed by atoms with Crippen molar-refractivity contribution < 1.29 is 9.53 Å². The van der Waals surface area contributed by atoms with E-state index in [9.17, 15) is 4.79 Å². The summed E-state index contributed by atoms with van der Waals surface area (Å²) >= 11 is 0. The Labute approximate surface area is 142 Å². The maximum absolute atomic E-state index is 11.6. The van der Waals surface area contributed by atoms with E-state index in [1.807, 2.05) is 20.8 Å². The fourth-order valence-electron chi connectivity index (χ4n) is 2.69. The minimum atomic E-state index is -0.502. The van der Waals surface area contributed by atoms with Gasteiger partial charge in [0.2, 0.25) is 0 Å². The van der Waals surface area contributed by atoms with Crippen molar-refractivity contribution >= 4 is 17.9 Å². The number of rotatable bonds is 5. The van der Waals surface area contributed by atoms with Crippen LogP contribution in [0.25, 0.3) is 11.3 Å². The lowest BCUT2D eigenvalue weighted by atomic mass is 10.1. The number of nitrogens with zero attached hydrogens (tertiary/aromatic N) is 1. The van der Waals surface area contributed by atoms with Gasteiger partial charge in [-0.15, -0.1) is 0 Å². The van der Waals surface area contributed by atoms with Crippen LogP contribution in [0.4, 0.5) is 16.6 Å². The molecule has 0 saturated heterocycles. The second kappa shape index (κ2) is 6.98. The zero-order valence-electron chi connectivity index (χ0n) is 15.0. The van der Waals surface area contributed by atoms with Crippen LogP contribution in [-0.4, -0.2) is 34.8 Å². The monoisotopic (exact) mass is 333 g/mol. The summed E-state index contributed by atoms with van der Waals surface area (Å²) < 4.78 is 5.20. The highest BCUT2D eigenvalue weighted by Gasteiger charge is 2.19. The highest BCUT2D eigenvalue weighted by Crippen LogP contribution is 2.36. The van der Waals surface area contributed by atoms with Crippen LogP contribution < -0.4 is 16.4 Å². The normalized spacial score (nSPS) is 11.5. The van der Waals surface area contributed by atoms with Crippen LogP contribution in [0.15, 0.2) is 6.07 Å². The van der Waals surface area contributed by atoms with Crippen molar-refractivity contribution in [2.45, 2.75) is 46.6 Å². The molecule has 7 nitrogen and oxygen atoms in total. The number of ether oxygens (including phenoxy) is 1. The molecule has 2 rings (SSSR count). The number of carbonyl (C=O) groups excluding carboxylic acids is 1. The number of hydrogen-bond donors (Lipinski definition) is 4. The molecule has 1 aliphatic carbocycles. The van der Waals surface area contributed by atoms with Gasteiger partial charge in [-0.1, -0.05) is 6.92 Å². The number of nitrogens with one attached hydrogen (secondary N) is 3. The van der Waals surface area contributed by atoms with E-state index in [1.54, 1.807) is 0 Å². The highest BCUT2D eigenvalue weighted by atomic mass is 16.6. The van der Waals surface area contributed by atoms with Crippen molar-refractivity contribution in [2.24, 2.45) is 0 Å². The molecule has 0 aromatic carbocycles. The lowest BCUT2D eigenvalue weighted by Gasteiger charge is -2.20. The number of hydrogen-bond acceptors (Lipinski definition) is 5. The van der Waals surface area contributed by atoms with E-state index < -0.39 is 11.7 Å². The van der Waals surface area contributed by atoms with Crippen LogP contribution in [0.3, 0.4) is 0 Å². The Bertz CT molecular complexity index is 687. The number of amides is 1. The van der Waals surface area contributed by atoms with Gasteiger partial charge in [-0.05, 0) is 51.3 Å². The average molecular weight is 333 g/mol. The van der Waals surface area contributed by atoms with Gasteiger partial charge in [-0.25, -0.2) is 4.79 Å². The number of nitrogens with two attached hydrogens (primary N) is 1. The molecular weight excluding hydrogens is 306 g/mol. The highest BCUT2D eigenvalue weighted by molar-refractivity contribution is 5.81. The van der Waals surface area contributed by atoms with Crippen molar-refractivity contribution in [1.82, 2.24) is 15.3 Å². The molecule has 24 heavy (non-hydrogen) atoms. The second-order valence-electron chi connectivity index (χ2n) is 6.77. The number of nitrogen functional groups attached to an aromatic ring is 1. The van der Waals surface area contributed by atoms with Crippen molar-refractivity contribution in [3.05, 3.63) is 17.2 Å². The lowest BCUT2D eigenvalue weighted by molar-refractivity contribution is 0.0530. The second-order valence-corrected chi connectivity index (χ2v) is 6.77. The predicted molar refractivity (Wildman–Crippen MR) is 96.5 cm³/mol. The summed E-state index contributed by atoms with van der Waals surface area (Å²) in [6.07, 6.45) is 0.487. The summed E-state index contributed by atoms with van der Waals surface area (Å²) in [4.78, 5) is 19.1. The molecule has 5 N–H and O–H groups in total. The zero-order valence-corrected chi connectivity index (χ0v) is 15.0. The number of anilines is 2. The van der Waals surface area contributed by atoms with E-state index in [1.165, 1.54) is 11.1 Å². The number of carbonyl (C=O) groups is 1. The Morgan fingerprint density at radius 2 is 2.08 bits per heavy atom. The first kappa shape index (κ1) is 17.9. The molecule has 0 radical (unpaired) electrons. The largest absolute Gasteiger partial charge is 0.444 e. The minimum Gasteiger partial charge on any atom is -0.444 e. The van der Waals surface area contributed by atoms with Crippen LogP contribution in [0, 0.1) is 6.92 Å². The topological polar surface area (TPSA) is 105 Å². The minimum absolute atomic E-state index is 0.359. The van der Waals surface area contributed by atoms with Crippen molar-refractivity contribution in [2.75, 3.05) is 24.1 Å². The maximum atomic E-state index is 11.6. The van der Waals surface area contributed by atoms with Gasteiger partial charge in [0.25, 0.3) is 0 Å². The van der Waals surface area contributed by atoms with Gasteiger partial charge in [-0.2, -0.15) is 4.98 Å². The predicted octanol–water partition coefficient (Wildman–Crippen LogP) is 2.90. The molecule has 1 heterocycles. The summed E-state index contributed by atoms with van der Waals surface area (Å²) in [6.45, 7) is 10.6. The standard InChI is InChI=1S/C17H27N5O2/c1-6-11-10(2)9-12-13(11)14(22-15(18)21-12)19-7-8-20-16(23)24-17(3,4)5/h9,19H,6-8H2,1-5H3,(H,20,23)(H3,18,21,22). The Balaban J connectivity index is 2.02. The molecule has 2 aliphatic rings. The van der Waals surface area contributed by atoms with Crippen molar-refractivity contribution in [3.8, 4) is 11.3 Å². The third-order valence-corrected chi connectivity index (χ3v) is 3.58. The van der Waals surface area contributed by atoms with E-state index in [0.717, 1.165) is 23.5 Å². The van der Waals surface area contributed by atoms with Crippen molar-refractivity contribution in [3.63, 3.8) is 0 Å². The van der Waals surface area contributed by atoms with E-state index in [0.29, 0.717) is 19.0 Å². The molecule has 0 atom stereocenters. The maximum Gasteiger partial charge on any atom is 0.407 e. The average Bonchev–Trinajstić information content (AvgIpc) is 2.76. The van der Waals surface area contributed by atoms with Gasteiger partial charge in [0.05, 0.1) is 5.69 Å². The fourth-order valence-corrected chi connectivity index (χ4v) is 2.69. The molecule has 0 aromatic rings.